The van der Waals surface area contributed by atoms with E-state index in [0.29, 0.717) is 0 Å². The Morgan fingerprint density at radius 2 is 2.16 bits per heavy atom. The lowest BCUT2D eigenvalue weighted by Crippen LogP contribution is -2.23. The van der Waals surface area contributed by atoms with Crippen LogP contribution in [0.2, 0.25) is 0 Å². The van der Waals surface area contributed by atoms with Gasteiger partial charge in [-0.15, -0.1) is 0 Å². The van der Waals surface area contributed by atoms with Gasteiger partial charge in [0.25, 0.3) is 0 Å². The molecule has 0 saturated carbocycles. The summed E-state index contributed by atoms with van der Waals surface area (Å²) < 4.78 is 5.35. The number of aryl methyl sites for hydroxylation is 1. The SMILES string of the molecule is COc1ccc2[nH]c(C)c(C3=CCN(C)CC3)c2c1. The number of ether oxygens (including phenoxy) is 1. The molecule has 3 heteroatoms. The fourth-order valence-corrected chi connectivity index (χ4v) is 2.84. The van der Waals surface area contributed by atoms with E-state index < -0.39 is 0 Å². The first kappa shape index (κ1) is 12.3. The molecule has 3 rings (SSSR count). The molecule has 1 aromatic carbocycles. The molecule has 1 aromatic heterocycles. The van der Waals surface area contributed by atoms with Crippen molar-refractivity contribution in [3.63, 3.8) is 0 Å². The molecule has 0 aliphatic carbocycles. The van der Waals surface area contributed by atoms with Gasteiger partial charge in [0.05, 0.1) is 7.11 Å². The van der Waals surface area contributed by atoms with Crippen molar-refractivity contribution in [2.75, 3.05) is 27.2 Å². The first-order chi connectivity index (χ1) is 9.19. The van der Waals surface area contributed by atoms with Gasteiger partial charge in [0.1, 0.15) is 5.75 Å². The maximum Gasteiger partial charge on any atom is 0.119 e. The number of nitrogens with zero attached hydrogens (tertiary/aromatic N) is 1. The molecular weight excluding hydrogens is 236 g/mol. The Morgan fingerprint density at radius 3 is 2.84 bits per heavy atom. The van der Waals surface area contributed by atoms with Crippen LogP contribution < -0.4 is 4.74 Å². The third-order valence-electron chi connectivity index (χ3n) is 3.93. The Hall–Kier alpha value is -1.74. The van der Waals surface area contributed by atoms with Crippen LogP contribution in [0.15, 0.2) is 24.3 Å². The molecule has 0 radical (unpaired) electrons. The van der Waals surface area contributed by atoms with E-state index in [1.165, 1.54) is 27.7 Å². The van der Waals surface area contributed by atoms with Crippen molar-refractivity contribution in [2.24, 2.45) is 0 Å². The fourth-order valence-electron chi connectivity index (χ4n) is 2.84. The number of rotatable bonds is 2. The molecule has 2 heterocycles. The van der Waals surface area contributed by atoms with Crippen molar-refractivity contribution < 1.29 is 4.74 Å². The normalized spacial score (nSPS) is 16.7. The molecule has 0 saturated heterocycles. The van der Waals surface area contributed by atoms with E-state index in [0.717, 1.165) is 25.3 Å². The third-order valence-corrected chi connectivity index (χ3v) is 3.93. The number of methoxy groups -OCH3 is 1. The lowest BCUT2D eigenvalue weighted by atomic mass is 9.97. The summed E-state index contributed by atoms with van der Waals surface area (Å²) in [5.74, 6) is 0.918. The highest BCUT2D eigenvalue weighted by Gasteiger charge is 2.16. The van der Waals surface area contributed by atoms with Crippen LogP contribution in [0.3, 0.4) is 0 Å². The number of aromatic amines is 1. The first-order valence-electron chi connectivity index (χ1n) is 6.73. The van der Waals surface area contributed by atoms with Crippen LogP contribution in [-0.4, -0.2) is 37.1 Å². The van der Waals surface area contributed by atoms with Gasteiger partial charge in [0.15, 0.2) is 0 Å². The van der Waals surface area contributed by atoms with E-state index in [-0.39, 0.29) is 0 Å². The number of nitrogens with one attached hydrogen (secondary N) is 1. The number of benzene rings is 1. The third kappa shape index (κ3) is 2.15. The summed E-state index contributed by atoms with van der Waals surface area (Å²) in [5, 5.41) is 1.27. The van der Waals surface area contributed by atoms with Gasteiger partial charge in [0, 0.05) is 35.2 Å². The highest BCUT2D eigenvalue weighted by Crippen LogP contribution is 2.33. The van der Waals surface area contributed by atoms with E-state index in [4.69, 9.17) is 4.74 Å². The minimum Gasteiger partial charge on any atom is -0.497 e. The summed E-state index contributed by atoms with van der Waals surface area (Å²) in [5.41, 5.74) is 5.25. The molecule has 0 bridgehead atoms. The molecule has 19 heavy (non-hydrogen) atoms. The molecule has 0 amide bonds. The Labute approximate surface area is 113 Å². The molecule has 0 atom stereocenters. The zero-order chi connectivity index (χ0) is 13.4. The number of likely N-dealkylation sites (N-methyl/N-ethyl adjacent to an activating group) is 1. The van der Waals surface area contributed by atoms with E-state index in [9.17, 15) is 0 Å². The van der Waals surface area contributed by atoms with Crippen molar-refractivity contribution in [1.82, 2.24) is 9.88 Å². The van der Waals surface area contributed by atoms with Crippen LogP contribution in [0.4, 0.5) is 0 Å². The van der Waals surface area contributed by atoms with Gasteiger partial charge in [-0.05, 0) is 44.2 Å². The molecular formula is C16H20N2O. The maximum atomic E-state index is 5.35. The number of hydrogen-bond acceptors (Lipinski definition) is 2. The zero-order valence-corrected chi connectivity index (χ0v) is 11.8. The Morgan fingerprint density at radius 1 is 1.32 bits per heavy atom. The van der Waals surface area contributed by atoms with Gasteiger partial charge in [-0.2, -0.15) is 0 Å². The quantitative estimate of drug-likeness (QED) is 0.893. The van der Waals surface area contributed by atoms with Gasteiger partial charge >= 0.3 is 0 Å². The van der Waals surface area contributed by atoms with Crippen LogP contribution in [0.1, 0.15) is 17.7 Å². The second kappa shape index (κ2) is 4.74. The summed E-state index contributed by atoms with van der Waals surface area (Å²) in [4.78, 5) is 5.82. The summed E-state index contributed by atoms with van der Waals surface area (Å²) in [6.07, 6.45) is 3.46. The van der Waals surface area contributed by atoms with Gasteiger partial charge in [-0.25, -0.2) is 0 Å². The van der Waals surface area contributed by atoms with E-state index in [1.54, 1.807) is 7.11 Å². The van der Waals surface area contributed by atoms with Crippen LogP contribution in [0.25, 0.3) is 16.5 Å². The van der Waals surface area contributed by atoms with Crippen LogP contribution >= 0.6 is 0 Å². The van der Waals surface area contributed by atoms with E-state index >= 15 is 0 Å². The molecule has 2 aromatic rings. The zero-order valence-electron chi connectivity index (χ0n) is 11.8. The topological polar surface area (TPSA) is 28.3 Å². The van der Waals surface area contributed by atoms with Gasteiger partial charge in [-0.3, -0.25) is 0 Å². The molecule has 100 valence electrons. The molecule has 1 N–H and O–H groups in total. The average molecular weight is 256 g/mol. The monoisotopic (exact) mass is 256 g/mol. The van der Waals surface area contributed by atoms with Crippen molar-refractivity contribution in [3.8, 4) is 5.75 Å². The minimum atomic E-state index is 0.918. The molecule has 1 aliphatic rings. The standard InChI is InChI=1S/C16H20N2O/c1-11-16(12-6-8-18(2)9-7-12)14-10-13(19-3)4-5-15(14)17-11/h4-6,10,17H,7-9H2,1-3H3. The minimum absolute atomic E-state index is 0.918. The van der Waals surface area contributed by atoms with Crippen LogP contribution in [-0.2, 0) is 0 Å². The molecule has 0 fully saturated rings. The molecule has 3 nitrogen and oxygen atoms in total. The fraction of sp³-hybridized carbons (Fsp3) is 0.375. The predicted octanol–water partition coefficient (Wildman–Crippen LogP) is 3.20. The molecule has 0 spiro atoms. The number of aromatic nitrogens is 1. The summed E-state index contributed by atoms with van der Waals surface area (Å²) in [7, 11) is 3.88. The molecule has 0 unspecified atom stereocenters. The summed E-state index contributed by atoms with van der Waals surface area (Å²) in [6, 6.07) is 6.23. The highest BCUT2D eigenvalue weighted by molar-refractivity contribution is 5.95. The van der Waals surface area contributed by atoms with Crippen LogP contribution in [0.5, 0.6) is 5.75 Å². The number of hydrogen-bond donors (Lipinski definition) is 1. The second-order valence-corrected chi connectivity index (χ2v) is 5.28. The summed E-state index contributed by atoms with van der Waals surface area (Å²) in [6.45, 7) is 4.31. The predicted molar refractivity (Wildman–Crippen MR) is 79.7 cm³/mol. The van der Waals surface area contributed by atoms with Crippen molar-refractivity contribution in [1.29, 1.82) is 0 Å². The molecule has 1 aliphatic heterocycles. The number of fused-ring (bicyclic) bond motifs is 1. The van der Waals surface area contributed by atoms with E-state index in [2.05, 4.69) is 42.1 Å². The van der Waals surface area contributed by atoms with Crippen LogP contribution in [0, 0.1) is 6.92 Å². The Kier molecular flexibility index (Phi) is 3.07. The van der Waals surface area contributed by atoms with Crippen molar-refractivity contribution in [2.45, 2.75) is 13.3 Å². The van der Waals surface area contributed by atoms with Crippen molar-refractivity contribution >= 4 is 16.5 Å². The largest absolute Gasteiger partial charge is 0.497 e. The van der Waals surface area contributed by atoms with Crippen molar-refractivity contribution in [3.05, 3.63) is 35.5 Å². The van der Waals surface area contributed by atoms with Gasteiger partial charge in [-0.1, -0.05) is 6.08 Å². The number of H-pyrrole nitrogens is 1. The second-order valence-electron chi connectivity index (χ2n) is 5.28. The van der Waals surface area contributed by atoms with Gasteiger partial charge < -0.3 is 14.6 Å². The van der Waals surface area contributed by atoms with Gasteiger partial charge in [0.2, 0.25) is 0 Å². The average Bonchev–Trinajstić information content (AvgIpc) is 2.75. The lowest BCUT2D eigenvalue weighted by Gasteiger charge is -2.22. The highest BCUT2D eigenvalue weighted by atomic mass is 16.5. The lowest BCUT2D eigenvalue weighted by molar-refractivity contribution is 0.370. The van der Waals surface area contributed by atoms with E-state index in [1.807, 2.05) is 6.07 Å². The smallest absolute Gasteiger partial charge is 0.119 e. The summed E-state index contributed by atoms with van der Waals surface area (Å²) >= 11 is 0. The first-order valence-corrected chi connectivity index (χ1v) is 6.73. The maximum absolute atomic E-state index is 5.35. The Balaban J connectivity index is 2.14. The Bertz CT molecular complexity index is 639.